The first-order valence-corrected chi connectivity index (χ1v) is 4.75. The summed E-state index contributed by atoms with van der Waals surface area (Å²) in [5, 5.41) is 0. The molecular weight excluding hydrogens is 214 g/mol. The molecule has 0 fully saturated rings. The van der Waals surface area contributed by atoms with Gasteiger partial charge in [0.1, 0.15) is 0 Å². The molecule has 1 aromatic rings. The van der Waals surface area contributed by atoms with Crippen molar-refractivity contribution in [2.24, 2.45) is 0 Å². The third-order valence-electron chi connectivity index (χ3n) is 2.32. The van der Waals surface area contributed by atoms with Gasteiger partial charge in [-0.2, -0.15) is 0 Å². The van der Waals surface area contributed by atoms with Crippen LogP contribution >= 0.6 is 12.8 Å². The van der Waals surface area contributed by atoms with Crippen molar-refractivity contribution in [1.29, 1.82) is 0 Å². The molecule has 0 saturated heterocycles. The number of benzene rings is 1. The van der Waals surface area contributed by atoms with Gasteiger partial charge < -0.3 is 4.74 Å². The first kappa shape index (κ1) is 10.0. The van der Waals surface area contributed by atoms with Crippen LogP contribution in [-0.4, -0.2) is 23.3 Å². The van der Waals surface area contributed by atoms with Gasteiger partial charge in [0.15, 0.2) is 0 Å². The topological polar surface area (TPSA) is 46.6 Å². The van der Waals surface area contributed by atoms with Crippen molar-refractivity contribution in [3.8, 4) is 0 Å². The number of carbonyl (C=O) groups excluding carboxylic acids is 2. The molecule has 78 valence electrons. The van der Waals surface area contributed by atoms with Crippen LogP contribution in [0.3, 0.4) is 0 Å². The number of methoxy groups -OCH3 is 1. The molecule has 1 aliphatic heterocycles. The zero-order valence-electron chi connectivity index (χ0n) is 8.06. The minimum Gasteiger partial charge on any atom is -0.465 e. The Morgan fingerprint density at radius 2 is 2.27 bits per heavy atom. The lowest BCUT2D eigenvalue weighted by atomic mass is 10.1. The van der Waals surface area contributed by atoms with E-state index >= 15 is 0 Å². The van der Waals surface area contributed by atoms with E-state index in [1.807, 2.05) is 0 Å². The Bertz CT molecular complexity index is 444. The van der Waals surface area contributed by atoms with Gasteiger partial charge in [-0.3, -0.25) is 9.10 Å². The number of fused-ring (bicyclic) bond motifs is 1. The van der Waals surface area contributed by atoms with Gasteiger partial charge in [-0.25, -0.2) is 4.79 Å². The van der Waals surface area contributed by atoms with Crippen molar-refractivity contribution >= 4 is 24.7 Å². The highest BCUT2D eigenvalue weighted by atomic mass is 32.1. The third-order valence-corrected chi connectivity index (χ3v) is 2.64. The first-order chi connectivity index (χ1) is 7.13. The van der Waals surface area contributed by atoms with E-state index in [1.165, 1.54) is 11.4 Å². The standard InChI is InChI=1S/C10H9NO3S/c1-14-10(13)6-2-3-7-5-11(15)9(12)8(7)4-6/h2-4,15H,5H2,1H3. The van der Waals surface area contributed by atoms with Crippen molar-refractivity contribution in [2.45, 2.75) is 6.54 Å². The molecule has 0 spiro atoms. The fraction of sp³-hybridized carbons (Fsp3) is 0.200. The quantitative estimate of drug-likeness (QED) is 0.576. The van der Waals surface area contributed by atoms with E-state index < -0.39 is 5.97 Å². The maximum atomic E-state index is 11.6. The van der Waals surface area contributed by atoms with E-state index in [9.17, 15) is 9.59 Å². The molecule has 0 saturated carbocycles. The van der Waals surface area contributed by atoms with Crippen LogP contribution in [0.5, 0.6) is 0 Å². The summed E-state index contributed by atoms with van der Waals surface area (Å²) < 4.78 is 5.89. The van der Waals surface area contributed by atoms with Gasteiger partial charge in [-0.1, -0.05) is 18.9 Å². The fourth-order valence-corrected chi connectivity index (χ4v) is 1.79. The second-order valence-corrected chi connectivity index (χ2v) is 3.71. The zero-order chi connectivity index (χ0) is 11.0. The van der Waals surface area contributed by atoms with Crippen molar-refractivity contribution in [1.82, 2.24) is 4.31 Å². The van der Waals surface area contributed by atoms with Crippen molar-refractivity contribution in [2.75, 3.05) is 7.11 Å². The van der Waals surface area contributed by atoms with Crippen LogP contribution in [0.15, 0.2) is 18.2 Å². The van der Waals surface area contributed by atoms with Gasteiger partial charge in [0.25, 0.3) is 5.91 Å². The van der Waals surface area contributed by atoms with Gasteiger partial charge in [-0.15, -0.1) is 0 Å². The molecule has 1 heterocycles. The Balaban J connectivity index is 2.44. The molecule has 5 heteroatoms. The van der Waals surface area contributed by atoms with E-state index in [0.29, 0.717) is 17.7 Å². The lowest BCUT2D eigenvalue weighted by Crippen LogP contribution is -2.11. The summed E-state index contributed by atoms with van der Waals surface area (Å²) in [5.74, 6) is -0.623. The summed E-state index contributed by atoms with van der Waals surface area (Å²) >= 11 is 4.01. The maximum absolute atomic E-state index is 11.6. The van der Waals surface area contributed by atoms with Crippen molar-refractivity contribution < 1.29 is 14.3 Å². The Morgan fingerprint density at radius 3 is 2.93 bits per heavy atom. The summed E-state index contributed by atoms with van der Waals surface area (Å²) in [5.41, 5.74) is 1.78. The van der Waals surface area contributed by atoms with Crippen LogP contribution in [0.2, 0.25) is 0 Å². The van der Waals surface area contributed by atoms with Crippen LogP contribution in [-0.2, 0) is 11.3 Å². The van der Waals surface area contributed by atoms with Crippen LogP contribution in [0.1, 0.15) is 26.3 Å². The fourth-order valence-electron chi connectivity index (χ4n) is 1.53. The van der Waals surface area contributed by atoms with Crippen molar-refractivity contribution in [3.05, 3.63) is 34.9 Å². The Hall–Kier alpha value is -1.49. The van der Waals surface area contributed by atoms with Gasteiger partial charge in [-0.05, 0) is 17.7 Å². The number of amides is 1. The van der Waals surface area contributed by atoms with E-state index in [0.717, 1.165) is 5.56 Å². The predicted octanol–water partition coefficient (Wildman–Crippen LogP) is 1.27. The average Bonchev–Trinajstić information content (AvgIpc) is 2.54. The molecule has 15 heavy (non-hydrogen) atoms. The molecule has 0 unspecified atom stereocenters. The maximum Gasteiger partial charge on any atom is 0.337 e. The Morgan fingerprint density at radius 1 is 1.53 bits per heavy atom. The summed E-state index contributed by atoms with van der Waals surface area (Å²) in [6, 6.07) is 4.93. The summed E-state index contributed by atoms with van der Waals surface area (Å²) in [6.45, 7) is 0.471. The SMILES string of the molecule is COC(=O)c1ccc2c(c1)C(=O)N(S)C2. The van der Waals surface area contributed by atoms with Crippen LogP contribution < -0.4 is 0 Å². The van der Waals surface area contributed by atoms with Gasteiger partial charge in [0, 0.05) is 5.56 Å². The molecular formula is C10H9NO3S. The second kappa shape index (κ2) is 3.58. The molecule has 0 atom stereocenters. The number of carbonyl (C=O) groups is 2. The van der Waals surface area contributed by atoms with Gasteiger partial charge >= 0.3 is 5.97 Å². The second-order valence-electron chi connectivity index (χ2n) is 3.23. The highest BCUT2D eigenvalue weighted by Gasteiger charge is 2.26. The summed E-state index contributed by atoms with van der Waals surface area (Å²) in [7, 11) is 1.31. The highest BCUT2D eigenvalue weighted by molar-refractivity contribution is 7.78. The van der Waals surface area contributed by atoms with Gasteiger partial charge in [0.05, 0.1) is 19.2 Å². The lowest BCUT2D eigenvalue weighted by molar-refractivity contribution is 0.0600. The van der Waals surface area contributed by atoms with E-state index in [2.05, 4.69) is 17.6 Å². The monoisotopic (exact) mass is 223 g/mol. The Labute approximate surface area is 92.4 Å². The molecule has 1 aromatic carbocycles. The summed E-state index contributed by atoms with van der Waals surface area (Å²) in [6.07, 6.45) is 0. The third kappa shape index (κ3) is 1.59. The van der Waals surface area contributed by atoms with E-state index in [4.69, 9.17) is 0 Å². The number of hydrogen-bond donors (Lipinski definition) is 1. The van der Waals surface area contributed by atoms with Crippen LogP contribution in [0.25, 0.3) is 0 Å². The molecule has 0 bridgehead atoms. The number of ether oxygens (including phenoxy) is 1. The van der Waals surface area contributed by atoms with Crippen LogP contribution in [0.4, 0.5) is 0 Å². The number of nitrogens with zero attached hydrogens (tertiary/aromatic N) is 1. The smallest absolute Gasteiger partial charge is 0.337 e. The first-order valence-electron chi connectivity index (χ1n) is 4.35. The number of rotatable bonds is 1. The summed E-state index contributed by atoms with van der Waals surface area (Å²) in [4.78, 5) is 22.8. The molecule has 0 aliphatic carbocycles. The molecule has 0 radical (unpaired) electrons. The minimum absolute atomic E-state index is 0.181. The van der Waals surface area contributed by atoms with E-state index in [-0.39, 0.29) is 5.91 Å². The molecule has 0 N–H and O–H groups in total. The average molecular weight is 223 g/mol. The highest BCUT2D eigenvalue weighted by Crippen LogP contribution is 2.25. The van der Waals surface area contributed by atoms with E-state index in [1.54, 1.807) is 18.2 Å². The lowest BCUT2D eigenvalue weighted by Gasteiger charge is -2.02. The number of thiol groups is 1. The zero-order valence-corrected chi connectivity index (χ0v) is 8.95. The molecule has 4 nitrogen and oxygen atoms in total. The molecule has 2 rings (SSSR count). The number of esters is 1. The Kier molecular flexibility index (Phi) is 2.40. The number of hydrogen-bond acceptors (Lipinski definition) is 4. The van der Waals surface area contributed by atoms with Crippen molar-refractivity contribution in [3.63, 3.8) is 0 Å². The molecule has 1 amide bonds. The largest absolute Gasteiger partial charge is 0.465 e. The normalized spacial score (nSPS) is 14.0. The minimum atomic E-state index is -0.441. The van der Waals surface area contributed by atoms with Crippen LogP contribution in [0, 0.1) is 0 Å². The molecule has 1 aliphatic rings. The molecule has 0 aromatic heterocycles. The predicted molar refractivity (Wildman–Crippen MR) is 56.6 cm³/mol. The van der Waals surface area contributed by atoms with Gasteiger partial charge in [0.2, 0.25) is 0 Å².